The predicted molar refractivity (Wildman–Crippen MR) is 69.4 cm³/mol. The summed E-state index contributed by atoms with van der Waals surface area (Å²) in [5.74, 6) is 0.771. The van der Waals surface area contributed by atoms with Gasteiger partial charge in [-0.2, -0.15) is 0 Å². The number of ether oxygens (including phenoxy) is 1. The molecule has 0 aromatic carbocycles. The molecule has 0 aromatic heterocycles. The molecule has 0 heterocycles. The van der Waals surface area contributed by atoms with Gasteiger partial charge in [-0.1, -0.05) is 27.7 Å². The molecule has 0 aliphatic heterocycles. The van der Waals surface area contributed by atoms with Gasteiger partial charge in [0.2, 0.25) is 0 Å². The van der Waals surface area contributed by atoms with Crippen molar-refractivity contribution in [2.45, 2.75) is 72.0 Å². The average molecular weight is 227 g/mol. The highest BCUT2D eigenvalue weighted by atomic mass is 16.5. The summed E-state index contributed by atoms with van der Waals surface area (Å²) in [4.78, 5) is 0. The van der Waals surface area contributed by atoms with Crippen LogP contribution in [0, 0.1) is 11.3 Å². The molecule has 0 aromatic rings. The van der Waals surface area contributed by atoms with Gasteiger partial charge in [0.05, 0.1) is 11.7 Å². The van der Waals surface area contributed by atoms with E-state index in [4.69, 9.17) is 10.5 Å². The monoisotopic (exact) mass is 227 g/mol. The molecule has 0 radical (unpaired) electrons. The smallest absolute Gasteiger partial charge is 0.0777 e. The molecular weight excluding hydrogens is 198 g/mol. The third kappa shape index (κ3) is 3.74. The Hall–Kier alpha value is -0.0800. The van der Waals surface area contributed by atoms with Crippen LogP contribution in [0.2, 0.25) is 0 Å². The summed E-state index contributed by atoms with van der Waals surface area (Å²) >= 11 is 0. The molecule has 0 saturated heterocycles. The maximum Gasteiger partial charge on any atom is 0.0777 e. The van der Waals surface area contributed by atoms with Gasteiger partial charge in [0.1, 0.15) is 0 Å². The average Bonchev–Trinajstić information content (AvgIpc) is 2.14. The van der Waals surface area contributed by atoms with Crippen molar-refractivity contribution in [2.24, 2.45) is 17.1 Å². The molecule has 96 valence electrons. The van der Waals surface area contributed by atoms with Crippen molar-refractivity contribution in [1.29, 1.82) is 0 Å². The Morgan fingerprint density at radius 1 is 1.38 bits per heavy atom. The van der Waals surface area contributed by atoms with Crippen molar-refractivity contribution < 1.29 is 4.74 Å². The van der Waals surface area contributed by atoms with Crippen molar-refractivity contribution in [3.05, 3.63) is 0 Å². The van der Waals surface area contributed by atoms with Crippen LogP contribution in [0.15, 0.2) is 0 Å². The van der Waals surface area contributed by atoms with Gasteiger partial charge in [0, 0.05) is 6.54 Å². The molecule has 2 heteroatoms. The highest BCUT2D eigenvalue weighted by Gasteiger charge is 2.35. The number of rotatable bonds is 4. The molecule has 1 rings (SSSR count). The fourth-order valence-electron chi connectivity index (χ4n) is 3.03. The van der Waals surface area contributed by atoms with Gasteiger partial charge in [-0.05, 0) is 43.9 Å². The van der Waals surface area contributed by atoms with Crippen LogP contribution in [0.3, 0.4) is 0 Å². The molecule has 1 aliphatic rings. The Morgan fingerprint density at radius 3 is 2.44 bits per heavy atom. The summed E-state index contributed by atoms with van der Waals surface area (Å²) in [5, 5.41) is 0. The fraction of sp³-hybridized carbons (Fsp3) is 1.00. The molecule has 1 aliphatic carbocycles. The zero-order valence-electron chi connectivity index (χ0n) is 11.7. The summed E-state index contributed by atoms with van der Waals surface area (Å²) in [6.07, 6.45) is 5.08. The standard InChI is InChI=1S/C14H29NO/c1-6-14(5,10-15)16-12-7-11(2)8-13(3,4)9-12/h11-12H,6-10,15H2,1-5H3. The van der Waals surface area contributed by atoms with Gasteiger partial charge in [0.25, 0.3) is 0 Å². The van der Waals surface area contributed by atoms with Crippen LogP contribution >= 0.6 is 0 Å². The van der Waals surface area contributed by atoms with Gasteiger partial charge in [-0.25, -0.2) is 0 Å². The van der Waals surface area contributed by atoms with Crippen molar-refractivity contribution in [3.8, 4) is 0 Å². The van der Waals surface area contributed by atoms with Crippen LogP contribution in [0.4, 0.5) is 0 Å². The second-order valence-electron chi connectivity index (χ2n) is 6.66. The van der Waals surface area contributed by atoms with E-state index in [0.29, 0.717) is 18.1 Å². The largest absolute Gasteiger partial charge is 0.371 e. The van der Waals surface area contributed by atoms with E-state index >= 15 is 0 Å². The van der Waals surface area contributed by atoms with Crippen LogP contribution in [0.5, 0.6) is 0 Å². The van der Waals surface area contributed by atoms with E-state index in [1.54, 1.807) is 0 Å². The Morgan fingerprint density at radius 2 is 2.00 bits per heavy atom. The van der Waals surface area contributed by atoms with Crippen LogP contribution in [0.25, 0.3) is 0 Å². The zero-order chi connectivity index (χ0) is 12.4. The third-order valence-corrected chi connectivity index (χ3v) is 3.98. The first kappa shape index (κ1) is 14.0. The van der Waals surface area contributed by atoms with Gasteiger partial charge in [-0.15, -0.1) is 0 Å². The van der Waals surface area contributed by atoms with E-state index in [0.717, 1.165) is 12.3 Å². The fourth-order valence-corrected chi connectivity index (χ4v) is 3.03. The van der Waals surface area contributed by atoms with Crippen molar-refractivity contribution in [2.75, 3.05) is 6.54 Å². The first-order valence-corrected chi connectivity index (χ1v) is 6.68. The number of nitrogens with two attached hydrogens (primary N) is 1. The SMILES string of the molecule is CCC(C)(CN)OC1CC(C)CC(C)(C)C1. The lowest BCUT2D eigenvalue weighted by Crippen LogP contribution is -2.43. The van der Waals surface area contributed by atoms with E-state index in [1.807, 2.05) is 0 Å². The normalized spacial score (nSPS) is 33.4. The lowest BCUT2D eigenvalue weighted by Gasteiger charge is -2.42. The highest BCUT2D eigenvalue weighted by molar-refractivity contribution is 4.86. The Balaban J connectivity index is 2.60. The summed E-state index contributed by atoms with van der Waals surface area (Å²) in [6, 6.07) is 0. The summed E-state index contributed by atoms with van der Waals surface area (Å²) in [5.41, 5.74) is 6.11. The molecular formula is C14H29NO. The van der Waals surface area contributed by atoms with Crippen molar-refractivity contribution in [3.63, 3.8) is 0 Å². The zero-order valence-corrected chi connectivity index (χ0v) is 11.7. The minimum absolute atomic E-state index is 0.127. The first-order valence-electron chi connectivity index (χ1n) is 6.68. The van der Waals surface area contributed by atoms with Gasteiger partial charge < -0.3 is 10.5 Å². The summed E-state index contributed by atoms with van der Waals surface area (Å²) in [7, 11) is 0. The molecule has 1 fully saturated rings. The van der Waals surface area contributed by atoms with Gasteiger partial charge in [0.15, 0.2) is 0 Å². The van der Waals surface area contributed by atoms with Crippen molar-refractivity contribution in [1.82, 2.24) is 0 Å². The Labute approximate surface area is 101 Å². The molecule has 16 heavy (non-hydrogen) atoms. The molecule has 2 nitrogen and oxygen atoms in total. The van der Waals surface area contributed by atoms with Gasteiger partial charge in [-0.3, -0.25) is 0 Å². The number of hydrogen-bond donors (Lipinski definition) is 1. The molecule has 1 saturated carbocycles. The maximum absolute atomic E-state index is 6.26. The molecule has 0 spiro atoms. The minimum atomic E-state index is -0.127. The van der Waals surface area contributed by atoms with Crippen LogP contribution in [0.1, 0.15) is 60.3 Å². The van der Waals surface area contributed by atoms with Crippen molar-refractivity contribution >= 4 is 0 Å². The first-order chi connectivity index (χ1) is 7.30. The molecule has 2 N–H and O–H groups in total. The van der Waals surface area contributed by atoms with E-state index in [-0.39, 0.29) is 5.60 Å². The lowest BCUT2D eigenvalue weighted by molar-refractivity contribution is -0.115. The topological polar surface area (TPSA) is 35.2 Å². The Kier molecular flexibility index (Phi) is 4.42. The number of hydrogen-bond acceptors (Lipinski definition) is 2. The highest BCUT2D eigenvalue weighted by Crippen LogP contribution is 2.41. The maximum atomic E-state index is 6.26. The molecule has 0 bridgehead atoms. The minimum Gasteiger partial charge on any atom is -0.371 e. The van der Waals surface area contributed by atoms with Crippen LogP contribution < -0.4 is 5.73 Å². The summed E-state index contributed by atoms with van der Waals surface area (Å²) < 4.78 is 6.26. The molecule has 0 amide bonds. The second kappa shape index (κ2) is 5.05. The van der Waals surface area contributed by atoms with Gasteiger partial charge >= 0.3 is 0 Å². The van der Waals surface area contributed by atoms with E-state index in [2.05, 4.69) is 34.6 Å². The van der Waals surface area contributed by atoms with E-state index < -0.39 is 0 Å². The predicted octanol–water partition coefficient (Wildman–Crippen LogP) is 3.35. The van der Waals surface area contributed by atoms with E-state index in [9.17, 15) is 0 Å². The lowest BCUT2D eigenvalue weighted by atomic mass is 9.71. The Bertz CT molecular complexity index is 221. The molecule has 3 atom stereocenters. The quantitative estimate of drug-likeness (QED) is 0.799. The van der Waals surface area contributed by atoms with Crippen LogP contribution in [-0.4, -0.2) is 18.2 Å². The van der Waals surface area contributed by atoms with Crippen LogP contribution in [-0.2, 0) is 4.74 Å². The second-order valence-corrected chi connectivity index (χ2v) is 6.66. The molecule has 3 unspecified atom stereocenters. The summed E-state index contributed by atoms with van der Waals surface area (Å²) in [6.45, 7) is 12.0. The van der Waals surface area contributed by atoms with E-state index in [1.165, 1.54) is 19.3 Å². The third-order valence-electron chi connectivity index (χ3n) is 3.98.